The van der Waals surface area contributed by atoms with Crippen LogP contribution in [-0.4, -0.2) is 193 Å². The van der Waals surface area contributed by atoms with Crippen molar-refractivity contribution in [1.29, 1.82) is 0 Å². The van der Waals surface area contributed by atoms with Crippen LogP contribution in [0.5, 0.6) is 0 Å². The number of hydrogen-bond donors (Lipinski definition) is 8. The summed E-state index contributed by atoms with van der Waals surface area (Å²) in [5.74, 6) is 2.97. The molecule has 0 radical (unpaired) electrons. The zero-order valence-electron chi connectivity index (χ0n) is 59.8. The van der Waals surface area contributed by atoms with Gasteiger partial charge in [-0.15, -0.1) is 0 Å². The Kier molecular flexibility index (Phi) is 27.1. The summed E-state index contributed by atoms with van der Waals surface area (Å²) in [6.45, 7) is 11.2. The minimum absolute atomic E-state index is 0.0135. The molecule has 6 fully saturated rings. The van der Waals surface area contributed by atoms with E-state index in [2.05, 4.69) is 137 Å². The van der Waals surface area contributed by atoms with Gasteiger partial charge in [0.15, 0.2) is 5.11 Å². The second-order valence-electron chi connectivity index (χ2n) is 29.5. The summed E-state index contributed by atoms with van der Waals surface area (Å²) in [6.07, 6.45) is 22.3. The number of para-hydroxylation sites is 3. The first kappa shape index (κ1) is 77.8. The van der Waals surface area contributed by atoms with Gasteiger partial charge >= 0.3 is 6.03 Å². The van der Waals surface area contributed by atoms with Crippen LogP contribution in [0.1, 0.15) is 117 Å². The first-order chi connectivity index (χ1) is 51.6. The van der Waals surface area contributed by atoms with Gasteiger partial charge in [-0.05, 0) is 259 Å². The highest BCUT2D eigenvalue weighted by Gasteiger charge is 2.38. The molecule has 6 saturated heterocycles. The van der Waals surface area contributed by atoms with Crippen molar-refractivity contribution in [1.82, 2.24) is 44.4 Å². The van der Waals surface area contributed by atoms with E-state index < -0.39 is 0 Å². The third-order valence-electron chi connectivity index (χ3n) is 23.6. The largest absolute Gasteiger partial charge is 0.395 e. The summed E-state index contributed by atoms with van der Waals surface area (Å²) in [7, 11) is 0. The molecule has 6 aromatic carbocycles. The van der Waals surface area contributed by atoms with Crippen molar-refractivity contribution >= 4 is 149 Å². The highest BCUT2D eigenvalue weighted by molar-refractivity contribution is 7.80. The summed E-state index contributed by atoms with van der Waals surface area (Å²) < 4.78 is 0. The number of carbonyl (C=O) groups excluding carboxylic acids is 2. The van der Waals surface area contributed by atoms with Crippen molar-refractivity contribution in [3.8, 4) is 0 Å². The van der Waals surface area contributed by atoms with Crippen LogP contribution in [0.2, 0.25) is 30.1 Å². The van der Waals surface area contributed by atoms with Crippen LogP contribution in [0, 0.1) is 17.8 Å². The standard InChI is InChI=1S/C29H33Cl2N3O2.C27H32Cl2N4O2.C27H32Cl2N4OS/c30-25-7-5-20(17-26(25)31)6-8-29(36)34-15-11-22(12-16-34)28(19-35)33-13-9-21(10-14-33)24-18-32-27-4-2-1-3-23(24)27;2*28-23-6-5-20(15-24(23)29)31-27(35)33-13-9-19(10-14-33)26(17-34)32-11-7-18(8-12-32)22-16-30-25-4-2-1-3-21(22)25/h1-8,17-18,21-22,28,32,35H,9-16,19H2;2*1-6,15-16,18-19,26,30,34H,7-14,17H2,(H,31,35)/b8-6+;;. The molecule has 23 heteroatoms. The Morgan fingerprint density at radius 3 is 1.12 bits per heavy atom. The Hall–Kier alpha value is -6.39. The molecule has 3 unspecified atom stereocenters. The number of urea groups is 1. The molecule has 106 heavy (non-hydrogen) atoms. The number of thiocarbonyl (C=S) groups is 1. The van der Waals surface area contributed by atoms with E-state index in [0.717, 1.165) is 154 Å². The average Bonchev–Trinajstić information content (AvgIpc) is 1.64. The van der Waals surface area contributed by atoms with Crippen LogP contribution >= 0.6 is 81.8 Å². The van der Waals surface area contributed by atoms with E-state index in [1.54, 1.807) is 54.6 Å². The molecule has 0 saturated carbocycles. The number of aromatic nitrogens is 3. The maximum absolute atomic E-state index is 12.7. The number of nitrogens with one attached hydrogen (secondary N) is 5. The quantitative estimate of drug-likeness (QED) is 0.0340. The van der Waals surface area contributed by atoms with Gasteiger partial charge < -0.3 is 55.6 Å². The Bertz CT molecular complexity index is 4260. The van der Waals surface area contributed by atoms with Gasteiger partial charge in [0.05, 0.1) is 50.0 Å². The van der Waals surface area contributed by atoms with Gasteiger partial charge in [-0.3, -0.25) is 19.5 Å². The Labute approximate surface area is 657 Å². The van der Waals surface area contributed by atoms with E-state index in [1.807, 2.05) is 21.9 Å². The van der Waals surface area contributed by atoms with Crippen LogP contribution in [-0.2, 0) is 4.79 Å². The van der Waals surface area contributed by atoms with Crippen molar-refractivity contribution in [2.75, 3.05) is 109 Å². The summed E-state index contributed by atoms with van der Waals surface area (Å²) >= 11 is 41.9. The van der Waals surface area contributed by atoms with Gasteiger partial charge in [-0.1, -0.05) is 130 Å². The van der Waals surface area contributed by atoms with E-state index in [4.69, 9.17) is 81.8 Å². The van der Waals surface area contributed by atoms with Gasteiger partial charge in [0.2, 0.25) is 5.91 Å². The van der Waals surface area contributed by atoms with E-state index in [0.29, 0.717) is 89.5 Å². The average molecular weight is 1570 g/mol. The maximum atomic E-state index is 12.7. The second-order valence-corrected chi connectivity index (χ2v) is 32.3. The molecular weight excluding hydrogens is 1480 g/mol. The van der Waals surface area contributed by atoms with E-state index in [9.17, 15) is 24.9 Å². The molecule has 9 aromatic rings. The van der Waals surface area contributed by atoms with E-state index in [-0.39, 0.29) is 49.9 Å². The fourth-order valence-corrected chi connectivity index (χ4v) is 18.7. The predicted molar refractivity (Wildman–Crippen MR) is 440 cm³/mol. The van der Waals surface area contributed by atoms with Gasteiger partial charge in [0.25, 0.3) is 0 Å². The zero-order valence-corrected chi connectivity index (χ0v) is 65.2. The minimum Gasteiger partial charge on any atom is -0.395 e. The van der Waals surface area contributed by atoms with E-state index >= 15 is 0 Å². The van der Waals surface area contributed by atoms with Crippen LogP contribution < -0.4 is 10.6 Å². The topological polar surface area (TPSA) is 186 Å². The Morgan fingerprint density at radius 2 is 0.755 bits per heavy atom. The first-order valence-electron chi connectivity index (χ1n) is 37.8. The number of aliphatic hydroxyl groups is 3. The van der Waals surface area contributed by atoms with Gasteiger partial charge in [0, 0.05) is 126 Å². The summed E-state index contributed by atoms with van der Waals surface area (Å²) in [5, 5.41) is 44.7. The number of piperidine rings is 6. The van der Waals surface area contributed by atoms with Crippen LogP contribution in [0.4, 0.5) is 16.2 Å². The fourth-order valence-electron chi connectivity index (χ4n) is 17.5. The van der Waals surface area contributed by atoms with Crippen molar-refractivity contribution in [3.05, 3.63) is 204 Å². The number of hydrogen-bond acceptors (Lipinski definition) is 9. The molecule has 0 spiro atoms. The SMILES string of the molecule is O=C(/C=C/c1ccc(Cl)c(Cl)c1)N1CCC(C(CO)N2CCC(c3c[nH]c4ccccc34)CC2)CC1.O=C(Nc1ccc(Cl)c(Cl)c1)N1CCC(C(CO)N2CCC(c3c[nH]c4ccccc34)CC2)CC1.OCC(C1CCN(C(=S)Nc2ccc(Cl)c(Cl)c2)CC1)N1CCC(c2c[nH]c3ccccc23)CC1. The molecule has 8 N–H and O–H groups in total. The summed E-state index contributed by atoms with van der Waals surface area (Å²) in [6, 6.07) is 41.9. The lowest BCUT2D eigenvalue weighted by molar-refractivity contribution is -0.127. The molecular formula is C83H97Cl6N11O5S. The number of fused-ring (bicyclic) bond motifs is 3. The van der Waals surface area contributed by atoms with E-state index in [1.165, 1.54) is 49.4 Å². The molecule has 3 aromatic heterocycles. The third-order valence-corrected chi connectivity index (χ3v) is 26.2. The van der Waals surface area contributed by atoms with Gasteiger partial charge in [-0.2, -0.15) is 0 Å². The molecule has 0 bridgehead atoms. The number of likely N-dealkylation sites (tertiary alicyclic amines) is 6. The number of nitrogens with zero attached hydrogens (tertiary/aromatic N) is 6. The zero-order chi connectivity index (χ0) is 73.8. The number of amides is 3. The van der Waals surface area contributed by atoms with Crippen molar-refractivity contribution < 1.29 is 24.9 Å². The minimum atomic E-state index is -0.123. The molecule has 3 amide bonds. The lowest BCUT2D eigenvalue weighted by Gasteiger charge is -2.43. The number of anilines is 2. The molecule has 16 nitrogen and oxygen atoms in total. The second kappa shape index (κ2) is 36.9. The summed E-state index contributed by atoms with van der Waals surface area (Å²) in [5.41, 5.74) is 10.2. The van der Waals surface area contributed by atoms with Crippen molar-refractivity contribution in [2.45, 2.75) is 113 Å². The number of rotatable bonds is 16. The fraction of sp³-hybridized carbons (Fsp3) is 0.434. The van der Waals surface area contributed by atoms with Crippen LogP contribution in [0.25, 0.3) is 38.8 Å². The molecule has 562 valence electrons. The third kappa shape index (κ3) is 18.9. The number of H-pyrrole nitrogens is 3. The van der Waals surface area contributed by atoms with Crippen molar-refractivity contribution in [2.24, 2.45) is 17.8 Å². The lowest BCUT2D eigenvalue weighted by Crippen LogP contribution is -2.51. The normalized spacial score (nSPS) is 19.3. The maximum Gasteiger partial charge on any atom is 0.321 e. The summed E-state index contributed by atoms with van der Waals surface area (Å²) in [4.78, 5) is 49.2. The number of aliphatic hydroxyl groups excluding tert-OH is 3. The molecule has 6 aliphatic heterocycles. The monoisotopic (exact) mass is 1570 g/mol. The molecule has 0 aliphatic carbocycles. The molecule has 15 rings (SSSR count). The van der Waals surface area contributed by atoms with Gasteiger partial charge in [0.1, 0.15) is 0 Å². The predicted octanol–water partition coefficient (Wildman–Crippen LogP) is 18.1. The smallest absolute Gasteiger partial charge is 0.321 e. The number of benzene rings is 6. The number of halogens is 6. The van der Waals surface area contributed by atoms with Crippen LogP contribution in [0.3, 0.4) is 0 Å². The first-order valence-corrected chi connectivity index (χ1v) is 40.4. The molecule has 6 aliphatic rings. The highest BCUT2D eigenvalue weighted by atomic mass is 35.5. The lowest BCUT2D eigenvalue weighted by atomic mass is 9.84. The highest BCUT2D eigenvalue weighted by Crippen LogP contribution is 2.40. The van der Waals surface area contributed by atoms with Crippen LogP contribution in [0.15, 0.2) is 152 Å². The number of carbonyl (C=O) groups is 2. The molecule has 9 heterocycles. The Morgan fingerprint density at radius 1 is 0.415 bits per heavy atom. The number of aromatic amines is 3. The Balaban J connectivity index is 0.000000141. The molecule has 3 atom stereocenters. The van der Waals surface area contributed by atoms with Crippen molar-refractivity contribution in [3.63, 3.8) is 0 Å². The van der Waals surface area contributed by atoms with Gasteiger partial charge in [-0.25, -0.2) is 4.79 Å².